The molecule has 3 aromatic rings. The first-order valence-electron chi connectivity index (χ1n) is 6.73. The van der Waals surface area contributed by atoms with E-state index in [1.165, 1.54) is 9.79 Å². The van der Waals surface area contributed by atoms with Crippen molar-refractivity contribution in [2.75, 3.05) is 4.90 Å². The van der Waals surface area contributed by atoms with E-state index in [-0.39, 0.29) is 14.5 Å². The van der Waals surface area contributed by atoms with Gasteiger partial charge in [0.2, 0.25) is 0 Å². The molecule has 3 nitrogen and oxygen atoms in total. The number of carboxylic acid groups (broad SMARTS) is 1. The minimum atomic E-state index is -0.820. The van der Waals surface area contributed by atoms with E-state index in [2.05, 4.69) is 29.2 Å². The molecule has 1 aromatic heterocycles. The molecule has 5 heteroatoms. The van der Waals surface area contributed by atoms with Crippen molar-refractivity contribution in [3.63, 3.8) is 0 Å². The van der Waals surface area contributed by atoms with Crippen LogP contribution in [0.3, 0.4) is 0 Å². The Labute approximate surface area is 138 Å². The molecule has 22 heavy (non-hydrogen) atoms. The van der Waals surface area contributed by atoms with Crippen molar-refractivity contribution in [3.8, 4) is 0 Å². The van der Waals surface area contributed by atoms with Gasteiger partial charge in [-0.15, -0.1) is 0 Å². The van der Waals surface area contributed by atoms with E-state index in [0.717, 1.165) is 15.9 Å². The predicted octanol–water partition coefficient (Wildman–Crippen LogP) is 4.38. The van der Waals surface area contributed by atoms with E-state index < -0.39 is 5.97 Å². The Morgan fingerprint density at radius 3 is 2.05 bits per heavy atom. The number of fused-ring (bicyclic) bond motifs is 2. The van der Waals surface area contributed by atoms with Crippen molar-refractivity contribution >= 4 is 48.2 Å². The number of benzene rings is 2. The molecule has 0 spiro atoms. The number of hydrogen-bond donors (Lipinski definition) is 1. The molecule has 4 rings (SSSR count). The summed E-state index contributed by atoms with van der Waals surface area (Å²) in [6.45, 7) is 0. The van der Waals surface area contributed by atoms with Gasteiger partial charge >= 0.3 is 138 Å². The van der Waals surface area contributed by atoms with Crippen LogP contribution in [-0.4, -0.2) is 25.6 Å². The Hall–Kier alpha value is -1.94. The fourth-order valence-corrected chi connectivity index (χ4v) is 5.39. The van der Waals surface area contributed by atoms with Crippen LogP contribution in [0.2, 0.25) is 0 Å². The maximum absolute atomic E-state index is 11.2. The zero-order chi connectivity index (χ0) is 15.1. The van der Waals surface area contributed by atoms with E-state index in [4.69, 9.17) is 0 Å². The number of nitrogens with zero attached hydrogens (tertiary/aromatic N) is 1. The van der Waals surface area contributed by atoms with Gasteiger partial charge in [0, 0.05) is 0 Å². The molecule has 1 aliphatic rings. The fraction of sp³-hybridized carbons (Fsp3) is 0. The third-order valence-electron chi connectivity index (χ3n) is 3.46. The van der Waals surface area contributed by atoms with Gasteiger partial charge in [-0.1, -0.05) is 0 Å². The number of rotatable bonds is 2. The standard InChI is InChI=1S/C17H11NO2SSe/c19-17(20)15-9-10-16(22-15)18-11-5-1-3-7-13(11)21-14-8-4-2-6-12(14)18/h1-10H,(H,19,20). The number of hydrogen-bond acceptors (Lipinski definition) is 3. The zero-order valence-electron chi connectivity index (χ0n) is 11.4. The molecule has 0 saturated carbocycles. The normalized spacial score (nSPS) is 12.6. The summed E-state index contributed by atoms with van der Waals surface area (Å²) in [5.41, 5.74) is 2.25. The van der Waals surface area contributed by atoms with Gasteiger partial charge in [-0.3, -0.25) is 0 Å². The van der Waals surface area contributed by atoms with Crippen molar-refractivity contribution in [1.82, 2.24) is 0 Å². The van der Waals surface area contributed by atoms with Gasteiger partial charge in [-0.05, 0) is 0 Å². The van der Waals surface area contributed by atoms with Crippen LogP contribution < -0.4 is 4.90 Å². The van der Waals surface area contributed by atoms with Crippen LogP contribution in [0.25, 0.3) is 0 Å². The molecular weight excluding hydrogens is 361 g/mol. The van der Waals surface area contributed by atoms with Crippen LogP contribution in [0.4, 0.5) is 15.9 Å². The van der Waals surface area contributed by atoms with Gasteiger partial charge in [0.15, 0.2) is 0 Å². The molecule has 0 bridgehead atoms. The van der Waals surface area contributed by atoms with Crippen LogP contribution in [0.5, 0.6) is 0 Å². The van der Waals surface area contributed by atoms with Crippen molar-refractivity contribution in [1.29, 1.82) is 0 Å². The second kappa shape index (κ2) is 5.36. The first-order valence-corrected chi connectivity index (χ1v) is 9.26. The van der Waals surface area contributed by atoms with Gasteiger partial charge in [0.05, 0.1) is 0 Å². The monoisotopic (exact) mass is 373 g/mol. The van der Waals surface area contributed by atoms with Crippen molar-refractivity contribution in [2.24, 2.45) is 0 Å². The molecule has 2 heterocycles. The molecule has 0 saturated heterocycles. The molecule has 0 aliphatic carbocycles. The van der Waals surface area contributed by atoms with Crippen LogP contribution >= 0.6 is 11.8 Å². The molecule has 1 aliphatic heterocycles. The Morgan fingerprint density at radius 1 is 0.909 bits per heavy atom. The molecule has 108 valence electrons. The second-order valence-corrected chi connectivity index (χ2v) is 8.13. The molecule has 0 radical (unpaired) electrons. The molecule has 2 aromatic carbocycles. The number of para-hydroxylation sites is 2. The Bertz CT molecular complexity index is 829. The Kier molecular flexibility index (Phi) is 3.34. The molecule has 0 fully saturated rings. The third kappa shape index (κ3) is 2.18. The van der Waals surface area contributed by atoms with E-state index in [1.54, 1.807) is 17.8 Å². The average molecular weight is 372 g/mol. The van der Waals surface area contributed by atoms with Crippen LogP contribution in [0.1, 0.15) is 9.23 Å². The molecule has 1 N–H and O–H groups in total. The fourth-order valence-electron chi connectivity index (χ4n) is 2.50. The molecule has 0 unspecified atom stereocenters. The number of aromatic carboxylic acids is 1. The molecule has 0 amide bonds. The summed E-state index contributed by atoms with van der Waals surface area (Å²) in [5, 5.41) is 9.21. The second-order valence-electron chi connectivity index (χ2n) is 4.82. The third-order valence-corrected chi connectivity index (χ3v) is 6.81. The van der Waals surface area contributed by atoms with Gasteiger partial charge in [-0.2, -0.15) is 0 Å². The SMILES string of the molecule is O=C(O)c1ccc(N2c3ccccc3Sc3ccccc32)[se]1. The minimum absolute atomic E-state index is 0.186. The summed E-state index contributed by atoms with van der Waals surface area (Å²) in [5.74, 6) is -0.820. The Morgan fingerprint density at radius 2 is 1.50 bits per heavy atom. The Balaban J connectivity index is 1.92. The molecular formula is C17H11NO2SSe. The maximum atomic E-state index is 11.2. The van der Waals surface area contributed by atoms with E-state index in [0.29, 0.717) is 4.44 Å². The number of carbonyl (C=O) groups is 1. The predicted molar refractivity (Wildman–Crippen MR) is 89.1 cm³/mol. The van der Waals surface area contributed by atoms with Crippen LogP contribution in [0.15, 0.2) is 70.5 Å². The summed E-state index contributed by atoms with van der Waals surface area (Å²) in [6.07, 6.45) is 0. The van der Waals surface area contributed by atoms with E-state index in [1.807, 2.05) is 30.3 Å². The van der Waals surface area contributed by atoms with Gasteiger partial charge in [-0.25, -0.2) is 0 Å². The average Bonchev–Trinajstić information content (AvgIpc) is 3.02. The first-order chi connectivity index (χ1) is 10.7. The topological polar surface area (TPSA) is 40.5 Å². The van der Waals surface area contributed by atoms with Crippen molar-refractivity contribution < 1.29 is 9.90 Å². The van der Waals surface area contributed by atoms with E-state index >= 15 is 0 Å². The van der Waals surface area contributed by atoms with Gasteiger partial charge in [0.1, 0.15) is 0 Å². The van der Waals surface area contributed by atoms with Gasteiger partial charge in [0.25, 0.3) is 0 Å². The quantitative estimate of drug-likeness (QED) is 0.531. The summed E-state index contributed by atoms with van der Waals surface area (Å²) in [6, 6.07) is 20.2. The zero-order valence-corrected chi connectivity index (χ0v) is 13.9. The summed E-state index contributed by atoms with van der Waals surface area (Å²) in [7, 11) is 0. The molecule has 0 atom stereocenters. The summed E-state index contributed by atoms with van der Waals surface area (Å²) in [4.78, 5) is 15.8. The first kappa shape index (κ1) is 13.7. The van der Waals surface area contributed by atoms with Gasteiger partial charge < -0.3 is 0 Å². The summed E-state index contributed by atoms with van der Waals surface area (Å²) >= 11 is 1.57. The summed E-state index contributed by atoms with van der Waals surface area (Å²) < 4.78 is 1.56. The number of carboxylic acids is 1. The van der Waals surface area contributed by atoms with Crippen molar-refractivity contribution in [3.05, 3.63) is 65.1 Å². The number of anilines is 3. The van der Waals surface area contributed by atoms with Crippen LogP contribution in [0, 0.1) is 0 Å². The van der Waals surface area contributed by atoms with Crippen molar-refractivity contribution in [2.45, 2.75) is 9.79 Å². The van der Waals surface area contributed by atoms with Crippen LogP contribution in [-0.2, 0) is 0 Å². The van der Waals surface area contributed by atoms with E-state index in [9.17, 15) is 9.90 Å².